The van der Waals surface area contributed by atoms with Gasteiger partial charge in [-0.3, -0.25) is 4.79 Å². The first kappa shape index (κ1) is 10.4. The Bertz CT molecular complexity index is 335. The maximum absolute atomic E-state index is 11.1. The molecule has 0 aromatic heterocycles. The molecular formula is C10H13NO3. The Hall–Kier alpha value is -1.71. The number of methoxy groups -OCH3 is 2. The molecule has 2 N–H and O–H groups in total. The molecule has 0 fully saturated rings. The largest absolute Gasteiger partial charge is 0.494 e. The van der Waals surface area contributed by atoms with E-state index in [2.05, 4.69) is 0 Å². The van der Waals surface area contributed by atoms with Crippen molar-refractivity contribution >= 4 is 11.5 Å². The third-order valence-electron chi connectivity index (χ3n) is 1.95. The van der Waals surface area contributed by atoms with Crippen LogP contribution in [0.15, 0.2) is 12.1 Å². The average Bonchev–Trinajstić information content (AvgIpc) is 2.17. The maximum Gasteiger partial charge on any atom is 0.160 e. The standard InChI is InChI=1S/C10H13NO3/c1-6(12)7-4-8(13-2)10(11)9(5-7)14-3/h4-5H,11H2,1-3H3. The fraction of sp³-hybridized carbons (Fsp3) is 0.300. The van der Waals surface area contributed by atoms with Gasteiger partial charge in [-0.15, -0.1) is 0 Å². The number of nitrogens with two attached hydrogens (primary N) is 1. The summed E-state index contributed by atoms with van der Waals surface area (Å²) >= 11 is 0. The van der Waals surface area contributed by atoms with E-state index in [4.69, 9.17) is 15.2 Å². The number of rotatable bonds is 3. The zero-order chi connectivity index (χ0) is 10.7. The van der Waals surface area contributed by atoms with E-state index < -0.39 is 0 Å². The summed E-state index contributed by atoms with van der Waals surface area (Å²) in [6, 6.07) is 3.19. The second-order valence-electron chi connectivity index (χ2n) is 2.85. The Kier molecular flexibility index (Phi) is 2.96. The number of nitrogen functional groups attached to an aromatic ring is 1. The molecule has 0 saturated carbocycles. The van der Waals surface area contributed by atoms with Crippen LogP contribution in [0.5, 0.6) is 11.5 Å². The summed E-state index contributed by atoms with van der Waals surface area (Å²) in [7, 11) is 2.99. The highest BCUT2D eigenvalue weighted by atomic mass is 16.5. The van der Waals surface area contributed by atoms with E-state index in [1.807, 2.05) is 0 Å². The van der Waals surface area contributed by atoms with Crippen LogP contribution in [0.4, 0.5) is 5.69 Å². The zero-order valence-corrected chi connectivity index (χ0v) is 8.46. The molecule has 76 valence electrons. The van der Waals surface area contributed by atoms with Gasteiger partial charge < -0.3 is 15.2 Å². The number of carbonyl (C=O) groups excluding carboxylic acids is 1. The third-order valence-corrected chi connectivity index (χ3v) is 1.95. The van der Waals surface area contributed by atoms with Crippen molar-refractivity contribution in [2.24, 2.45) is 0 Å². The number of ether oxygens (including phenoxy) is 2. The van der Waals surface area contributed by atoms with E-state index in [0.29, 0.717) is 22.7 Å². The van der Waals surface area contributed by atoms with Gasteiger partial charge in [-0.2, -0.15) is 0 Å². The number of Topliss-reactive ketones (excluding diaryl/α,β-unsaturated/α-hetero) is 1. The van der Waals surface area contributed by atoms with Crippen LogP contribution in [-0.4, -0.2) is 20.0 Å². The molecular weight excluding hydrogens is 182 g/mol. The molecule has 4 heteroatoms. The minimum atomic E-state index is -0.0541. The molecule has 1 rings (SSSR count). The van der Waals surface area contributed by atoms with Gasteiger partial charge in [0.15, 0.2) is 5.78 Å². The number of ketones is 1. The minimum Gasteiger partial charge on any atom is -0.494 e. The maximum atomic E-state index is 11.1. The Morgan fingerprint density at radius 2 is 1.64 bits per heavy atom. The monoisotopic (exact) mass is 195 g/mol. The van der Waals surface area contributed by atoms with Crippen molar-refractivity contribution in [1.82, 2.24) is 0 Å². The molecule has 0 saturated heterocycles. The number of hydrogen-bond donors (Lipinski definition) is 1. The zero-order valence-electron chi connectivity index (χ0n) is 8.46. The Balaban J connectivity index is 3.32. The molecule has 0 aliphatic rings. The Morgan fingerprint density at radius 1 is 1.21 bits per heavy atom. The van der Waals surface area contributed by atoms with Crippen LogP contribution in [0.2, 0.25) is 0 Å². The molecule has 0 atom stereocenters. The van der Waals surface area contributed by atoms with Crippen LogP contribution < -0.4 is 15.2 Å². The van der Waals surface area contributed by atoms with Gasteiger partial charge in [0.25, 0.3) is 0 Å². The predicted octanol–water partition coefficient (Wildman–Crippen LogP) is 1.49. The quantitative estimate of drug-likeness (QED) is 0.586. The predicted molar refractivity (Wildman–Crippen MR) is 54.0 cm³/mol. The van der Waals surface area contributed by atoms with Crippen molar-refractivity contribution in [2.45, 2.75) is 6.92 Å². The highest BCUT2D eigenvalue weighted by Gasteiger charge is 2.11. The van der Waals surface area contributed by atoms with Crippen LogP contribution in [0, 0.1) is 0 Å². The number of carbonyl (C=O) groups is 1. The molecule has 0 amide bonds. The number of anilines is 1. The molecule has 0 radical (unpaired) electrons. The van der Waals surface area contributed by atoms with Crippen molar-refractivity contribution in [2.75, 3.05) is 20.0 Å². The van der Waals surface area contributed by atoms with Gasteiger partial charge in [0.1, 0.15) is 17.2 Å². The SMILES string of the molecule is COc1cc(C(C)=O)cc(OC)c1N. The first-order chi connectivity index (χ1) is 6.60. The summed E-state index contributed by atoms with van der Waals surface area (Å²) in [6.45, 7) is 1.48. The molecule has 1 aromatic carbocycles. The van der Waals surface area contributed by atoms with Crippen molar-refractivity contribution in [1.29, 1.82) is 0 Å². The van der Waals surface area contributed by atoms with Crippen molar-refractivity contribution in [3.8, 4) is 11.5 Å². The van der Waals surface area contributed by atoms with Crippen LogP contribution in [0.25, 0.3) is 0 Å². The first-order valence-electron chi connectivity index (χ1n) is 4.12. The highest BCUT2D eigenvalue weighted by molar-refractivity contribution is 5.96. The van der Waals surface area contributed by atoms with E-state index in [0.717, 1.165) is 0 Å². The van der Waals surface area contributed by atoms with Gasteiger partial charge in [0.05, 0.1) is 14.2 Å². The Morgan fingerprint density at radius 3 is 1.93 bits per heavy atom. The lowest BCUT2D eigenvalue weighted by Crippen LogP contribution is -2.00. The lowest BCUT2D eigenvalue weighted by Gasteiger charge is -2.10. The smallest absolute Gasteiger partial charge is 0.160 e. The topological polar surface area (TPSA) is 61.5 Å². The fourth-order valence-electron chi connectivity index (χ4n) is 1.14. The summed E-state index contributed by atoms with van der Waals surface area (Å²) in [5, 5.41) is 0. The summed E-state index contributed by atoms with van der Waals surface area (Å²) in [5.41, 5.74) is 6.64. The lowest BCUT2D eigenvalue weighted by molar-refractivity contribution is 0.101. The van der Waals surface area contributed by atoms with Gasteiger partial charge in [-0.1, -0.05) is 0 Å². The van der Waals surface area contributed by atoms with E-state index in [-0.39, 0.29) is 5.78 Å². The van der Waals surface area contributed by atoms with Crippen molar-refractivity contribution in [3.63, 3.8) is 0 Å². The second kappa shape index (κ2) is 4.00. The molecule has 14 heavy (non-hydrogen) atoms. The third kappa shape index (κ3) is 1.79. The molecule has 0 aliphatic heterocycles. The molecule has 0 heterocycles. The first-order valence-corrected chi connectivity index (χ1v) is 4.12. The molecule has 0 aliphatic carbocycles. The van der Waals surface area contributed by atoms with Gasteiger partial charge in [0, 0.05) is 5.56 Å². The average molecular weight is 195 g/mol. The fourth-order valence-corrected chi connectivity index (χ4v) is 1.14. The van der Waals surface area contributed by atoms with Crippen LogP contribution in [0.1, 0.15) is 17.3 Å². The molecule has 4 nitrogen and oxygen atoms in total. The molecule has 0 unspecified atom stereocenters. The lowest BCUT2D eigenvalue weighted by atomic mass is 10.1. The number of benzene rings is 1. The minimum absolute atomic E-state index is 0.0541. The van der Waals surface area contributed by atoms with Gasteiger partial charge in [-0.05, 0) is 19.1 Å². The van der Waals surface area contributed by atoms with Crippen LogP contribution in [0.3, 0.4) is 0 Å². The molecule has 0 bridgehead atoms. The summed E-state index contributed by atoms with van der Waals surface area (Å²) in [6.07, 6.45) is 0. The van der Waals surface area contributed by atoms with E-state index >= 15 is 0 Å². The van der Waals surface area contributed by atoms with Crippen molar-refractivity contribution in [3.05, 3.63) is 17.7 Å². The molecule has 0 spiro atoms. The van der Waals surface area contributed by atoms with E-state index in [1.54, 1.807) is 12.1 Å². The second-order valence-corrected chi connectivity index (χ2v) is 2.85. The van der Waals surface area contributed by atoms with Crippen molar-refractivity contribution < 1.29 is 14.3 Å². The van der Waals surface area contributed by atoms with Gasteiger partial charge in [-0.25, -0.2) is 0 Å². The van der Waals surface area contributed by atoms with Gasteiger partial charge in [0.2, 0.25) is 0 Å². The van der Waals surface area contributed by atoms with Gasteiger partial charge >= 0.3 is 0 Å². The van der Waals surface area contributed by atoms with Crippen LogP contribution in [-0.2, 0) is 0 Å². The molecule has 1 aromatic rings. The summed E-state index contributed by atoms with van der Waals surface area (Å²) in [5.74, 6) is 0.853. The van der Waals surface area contributed by atoms with E-state index in [1.165, 1.54) is 21.1 Å². The Labute approximate surface area is 82.6 Å². The summed E-state index contributed by atoms with van der Waals surface area (Å²) in [4.78, 5) is 11.1. The van der Waals surface area contributed by atoms with Crippen LogP contribution >= 0.6 is 0 Å². The summed E-state index contributed by atoms with van der Waals surface area (Å²) < 4.78 is 10.0. The number of hydrogen-bond acceptors (Lipinski definition) is 4. The van der Waals surface area contributed by atoms with E-state index in [9.17, 15) is 4.79 Å². The highest BCUT2D eigenvalue weighted by Crippen LogP contribution is 2.32. The normalized spacial score (nSPS) is 9.64.